The van der Waals surface area contributed by atoms with Crippen LogP contribution >= 0.6 is 0 Å². The molecule has 8 nitrogen and oxygen atoms in total. The maximum atomic E-state index is 8.93. The SMILES string of the molecule is N=C1C=C(n2c3ccccc3n3c4ccccc4nc23)C=C/C1=N\c1ccc(-n2c3ccccc3n3c4ccccc4nc23)cc1. The van der Waals surface area contributed by atoms with Crippen LogP contribution in [0.25, 0.3) is 67.1 Å². The molecule has 0 spiro atoms. The lowest BCUT2D eigenvalue weighted by atomic mass is 10.1. The highest BCUT2D eigenvalue weighted by Gasteiger charge is 2.20. The number of imidazole rings is 4. The van der Waals surface area contributed by atoms with E-state index in [4.69, 9.17) is 20.4 Å². The zero-order valence-corrected chi connectivity index (χ0v) is 24.4. The highest BCUT2D eigenvalue weighted by atomic mass is 15.2. The maximum Gasteiger partial charge on any atom is 0.220 e. The van der Waals surface area contributed by atoms with Crippen molar-refractivity contribution in [1.29, 1.82) is 5.41 Å². The van der Waals surface area contributed by atoms with Gasteiger partial charge in [-0.3, -0.25) is 23.3 Å². The number of hydrogen-bond acceptors (Lipinski definition) is 4. The molecule has 0 saturated heterocycles. The quantitative estimate of drug-likeness (QED) is 0.209. The largest absolute Gasteiger partial charge is 0.299 e. The van der Waals surface area contributed by atoms with E-state index in [-0.39, 0.29) is 0 Å². The van der Waals surface area contributed by atoms with Crippen molar-refractivity contribution < 1.29 is 0 Å². The van der Waals surface area contributed by atoms with Crippen LogP contribution in [-0.4, -0.2) is 39.3 Å². The van der Waals surface area contributed by atoms with Gasteiger partial charge in [-0.25, -0.2) is 15.0 Å². The smallest absolute Gasteiger partial charge is 0.220 e. The van der Waals surface area contributed by atoms with Gasteiger partial charge in [0.25, 0.3) is 0 Å². The van der Waals surface area contributed by atoms with Crippen LogP contribution in [-0.2, 0) is 0 Å². The maximum absolute atomic E-state index is 8.93. The van der Waals surface area contributed by atoms with Gasteiger partial charge in [0.2, 0.25) is 11.6 Å². The van der Waals surface area contributed by atoms with Gasteiger partial charge in [0.1, 0.15) is 0 Å². The first kappa shape index (κ1) is 24.9. The van der Waals surface area contributed by atoms with Crippen LogP contribution in [0.2, 0.25) is 0 Å². The van der Waals surface area contributed by atoms with Gasteiger partial charge in [-0.15, -0.1) is 0 Å². The lowest BCUT2D eigenvalue weighted by Crippen LogP contribution is -2.13. The molecule has 1 aliphatic rings. The summed E-state index contributed by atoms with van der Waals surface area (Å²) in [6, 6.07) is 41.2. The number of para-hydroxylation sites is 8. The lowest BCUT2D eigenvalue weighted by molar-refractivity contribution is 1.11. The zero-order chi connectivity index (χ0) is 30.4. The summed E-state index contributed by atoms with van der Waals surface area (Å²) in [5.41, 5.74) is 11.9. The van der Waals surface area contributed by atoms with E-state index < -0.39 is 0 Å². The van der Waals surface area contributed by atoms with Gasteiger partial charge in [-0.05, 0) is 91.0 Å². The van der Waals surface area contributed by atoms with Gasteiger partial charge in [0, 0.05) is 5.69 Å². The van der Waals surface area contributed by atoms with Crippen LogP contribution in [0.1, 0.15) is 0 Å². The van der Waals surface area contributed by atoms with Crippen molar-refractivity contribution in [2.45, 2.75) is 0 Å². The molecule has 5 aromatic carbocycles. The average Bonchev–Trinajstić information content (AvgIpc) is 3.82. The predicted octanol–water partition coefficient (Wildman–Crippen LogP) is 8.39. The molecule has 9 aromatic rings. The fourth-order valence-corrected chi connectivity index (χ4v) is 6.79. The lowest BCUT2D eigenvalue weighted by Gasteiger charge is -2.12. The van der Waals surface area contributed by atoms with Crippen molar-refractivity contribution >= 4 is 78.5 Å². The molecule has 8 heteroatoms. The van der Waals surface area contributed by atoms with E-state index in [9.17, 15) is 0 Å². The molecule has 0 bridgehead atoms. The Bertz CT molecular complexity index is 2810. The number of rotatable bonds is 3. The summed E-state index contributed by atoms with van der Waals surface area (Å²) < 4.78 is 8.70. The van der Waals surface area contributed by atoms with E-state index in [2.05, 4.69) is 78.6 Å². The van der Waals surface area contributed by atoms with E-state index >= 15 is 0 Å². The van der Waals surface area contributed by atoms with Gasteiger partial charge < -0.3 is 0 Å². The van der Waals surface area contributed by atoms with Gasteiger partial charge in [-0.1, -0.05) is 48.5 Å². The Kier molecular flexibility index (Phi) is 4.99. The zero-order valence-electron chi connectivity index (χ0n) is 24.4. The number of nitrogens with zero attached hydrogens (tertiary/aromatic N) is 7. The first-order chi connectivity index (χ1) is 22.7. The number of nitrogens with one attached hydrogen (secondary N) is 1. The second-order valence-electron chi connectivity index (χ2n) is 11.4. The van der Waals surface area contributed by atoms with Gasteiger partial charge in [0.15, 0.2) is 0 Å². The summed E-state index contributed by atoms with van der Waals surface area (Å²) in [6.45, 7) is 0. The normalized spacial score (nSPS) is 14.7. The number of fused-ring (bicyclic) bond motifs is 10. The number of allylic oxidation sites excluding steroid dienone is 4. The minimum Gasteiger partial charge on any atom is -0.299 e. The van der Waals surface area contributed by atoms with Crippen molar-refractivity contribution in [3.05, 3.63) is 140 Å². The summed E-state index contributed by atoms with van der Waals surface area (Å²) >= 11 is 0. The van der Waals surface area contributed by atoms with E-state index in [1.807, 2.05) is 78.9 Å². The van der Waals surface area contributed by atoms with Crippen LogP contribution in [0.5, 0.6) is 0 Å². The van der Waals surface area contributed by atoms with Gasteiger partial charge in [0.05, 0.1) is 66.9 Å². The Morgan fingerprint density at radius 2 is 1.00 bits per heavy atom. The highest BCUT2D eigenvalue weighted by molar-refractivity contribution is 6.51. The van der Waals surface area contributed by atoms with Crippen LogP contribution < -0.4 is 0 Å². The monoisotopic (exact) mass is 592 g/mol. The second kappa shape index (κ2) is 9.23. The third kappa shape index (κ3) is 3.43. The molecule has 0 fully saturated rings. The highest BCUT2D eigenvalue weighted by Crippen LogP contribution is 2.32. The number of aromatic nitrogens is 6. The molecule has 4 aromatic heterocycles. The molecule has 0 aliphatic heterocycles. The van der Waals surface area contributed by atoms with E-state index in [0.29, 0.717) is 11.4 Å². The third-order valence-corrected chi connectivity index (χ3v) is 8.81. The fourth-order valence-electron chi connectivity index (χ4n) is 6.79. The molecule has 1 N–H and O–H groups in total. The van der Waals surface area contributed by atoms with Crippen molar-refractivity contribution in [2.24, 2.45) is 4.99 Å². The Morgan fingerprint density at radius 3 is 1.59 bits per heavy atom. The van der Waals surface area contributed by atoms with E-state index in [1.54, 1.807) is 0 Å². The molecule has 0 atom stereocenters. The predicted molar refractivity (Wildman–Crippen MR) is 186 cm³/mol. The van der Waals surface area contributed by atoms with Crippen molar-refractivity contribution in [2.75, 3.05) is 0 Å². The molecule has 1 aliphatic carbocycles. The Hall–Kier alpha value is -6.54. The summed E-state index contributed by atoms with van der Waals surface area (Å²) in [7, 11) is 0. The molecule has 46 heavy (non-hydrogen) atoms. The number of hydrogen-bond donors (Lipinski definition) is 1. The van der Waals surface area contributed by atoms with Crippen LogP contribution in [0.3, 0.4) is 0 Å². The van der Waals surface area contributed by atoms with Gasteiger partial charge in [-0.2, -0.15) is 0 Å². The second-order valence-corrected chi connectivity index (χ2v) is 11.4. The first-order valence-electron chi connectivity index (χ1n) is 15.1. The molecular weight excluding hydrogens is 568 g/mol. The van der Waals surface area contributed by atoms with E-state index in [1.165, 1.54) is 0 Å². The first-order valence-corrected chi connectivity index (χ1v) is 15.1. The molecule has 0 radical (unpaired) electrons. The Balaban J connectivity index is 1.03. The summed E-state index contributed by atoms with van der Waals surface area (Å²) in [6.07, 6.45) is 5.80. The number of benzene rings is 5. The third-order valence-electron chi connectivity index (χ3n) is 8.81. The van der Waals surface area contributed by atoms with Crippen molar-refractivity contribution in [3.8, 4) is 5.69 Å². The average molecular weight is 593 g/mol. The summed E-state index contributed by atoms with van der Waals surface area (Å²) in [5.74, 6) is 1.69. The molecule has 0 unspecified atom stereocenters. The Morgan fingerprint density at radius 1 is 0.500 bits per heavy atom. The van der Waals surface area contributed by atoms with E-state index in [0.717, 1.165) is 72.8 Å². The number of aliphatic imine (C=N–C) groups is 1. The fraction of sp³-hybridized carbons (Fsp3) is 0. The molecule has 216 valence electrons. The van der Waals surface area contributed by atoms with Crippen LogP contribution in [0.4, 0.5) is 5.69 Å². The molecular formula is C38H24N8. The molecule has 0 amide bonds. The summed E-state index contributed by atoms with van der Waals surface area (Å²) in [5, 5.41) is 8.93. The van der Waals surface area contributed by atoms with Crippen LogP contribution in [0.15, 0.2) is 145 Å². The topological polar surface area (TPSA) is 80.7 Å². The molecule has 10 rings (SSSR count). The summed E-state index contributed by atoms with van der Waals surface area (Å²) in [4.78, 5) is 14.8. The Labute approximate surface area is 261 Å². The minimum atomic E-state index is 0.343. The molecule has 4 heterocycles. The van der Waals surface area contributed by atoms with Crippen molar-refractivity contribution in [3.63, 3.8) is 0 Å². The van der Waals surface area contributed by atoms with Crippen molar-refractivity contribution in [1.82, 2.24) is 27.9 Å². The van der Waals surface area contributed by atoms with Gasteiger partial charge >= 0.3 is 0 Å². The minimum absolute atomic E-state index is 0.343. The standard InChI is InChI=1S/C38H24N8/c39-27-23-26(44-34-14-6-8-16-36(34)46-32-12-4-2-10-30(32)42-38(44)46)21-22-28(27)40-24-17-19-25(20-18-24)43-33-13-5-7-15-35(33)45-31-11-3-1-9-29(31)41-37(43)45/h1-23,39H/b39-27?,40-28+. The molecule has 0 saturated carbocycles. The van der Waals surface area contributed by atoms with Crippen LogP contribution in [0, 0.1) is 5.41 Å².